The molecule has 0 bridgehead atoms. The van der Waals surface area contributed by atoms with Crippen LogP contribution in [-0.2, 0) is 0 Å². The first-order valence-corrected chi connectivity index (χ1v) is 6.57. The van der Waals surface area contributed by atoms with Crippen LogP contribution in [0.25, 0.3) is 0 Å². The van der Waals surface area contributed by atoms with Gasteiger partial charge in [0.1, 0.15) is 0 Å². The van der Waals surface area contributed by atoms with Crippen LogP contribution in [0.2, 0.25) is 0 Å². The Bertz CT molecular complexity index is 170. The maximum atomic E-state index is 3.32. The zero-order valence-electron chi connectivity index (χ0n) is 10.8. The topological polar surface area (TPSA) is 15.3 Å². The van der Waals surface area contributed by atoms with Crippen LogP contribution in [0.15, 0.2) is 0 Å². The minimum Gasteiger partial charge on any atom is -0.319 e. The molecule has 0 aromatic carbocycles. The number of hydrogen-bond donors (Lipinski definition) is 1. The number of unbranched alkanes of at least 4 members (excludes halogenated alkanes) is 3. The molecule has 90 valence electrons. The fourth-order valence-electron chi connectivity index (χ4n) is 2.65. The summed E-state index contributed by atoms with van der Waals surface area (Å²) in [5.74, 6) is 0. The zero-order valence-corrected chi connectivity index (χ0v) is 10.8. The van der Waals surface area contributed by atoms with Crippen molar-refractivity contribution in [3.05, 3.63) is 0 Å². The van der Waals surface area contributed by atoms with Gasteiger partial charge in [-0.2, -0.15) is 0 Å². The van der Waals surface area contributed by atoms with Crippen LogP contribution in [0.5, 0.6) is 0 Å². The van der Waals surface area contributed by atoms with Gasteiger partial charge in [0.25, 0.3) is 0 Å². The van der Waals surface area contributed by atoms with Crippen molar-refractivity contribution in [1.82, 2.24) is 10.2 Å². The van der Waals surface area contributed by atoms with Crippen LogP contribution < -0.4 is 5.32 Å². The third kappa shape index (κ3) is 4.52. The van der Waals surface area contributed by atoms with Gasteiger partial charge in [0.05, 0.1) is 0 Å². The quantitative estimate of drug-likeness (QED) is 0.652. The number of likely N-dealkylation sites (tertiary alicyclic amines) is 1. The van der Waals surface area contributed by atoms with E-state index in [-0.39, 0.29) is 0 Å². The van der Waals surface area contributed by atoms with Crippen LogP contribution in [-0.4, -0.2) is 38.1 Å². The van der Waals surface area contributed by atoms with Crippen molar-refractivity contribution in [2.24, 2.45) is 5.41 Å². The molecule has 1 aliphatic heterocycles. The van der Waals surface area contributed by atoms with Gasteiger partial charge in [-0.1, -0.05) is 33.1 Å². The van der Waals surface area contributed by atoms with Gasteiger partial charge in [0.2, 0.25) is 0 Å². The summed E-state index contributed by atoms with van der Waals surface area (Å²) in [7, 11) is 2.06. The van der Waals surface area contributed by atoms with Gasteiger partial charge in [-0.3, -0.25) is 0 Å². The second-order valence-electron chi connectivity index (χ2n) is 5.43. The Morgan fingerprint density at radius 3 is 2.73 bits per heavy atom. The molecule has 1 heterocycles. The van der Waals surface area contributed by atoms with Gasteiger partial charge in [-0.05, 0) is 38.4 Å². The lowest BCUT2D eigenvalue weighted by atomic mass is 9.90. The number of nitrogens with one attached hydrogen (secondary N) is 1. The van der Waals surface area contributed by atoms with E-state index in [9.17, 15) is 0 Å². The van der Waals surface area contributed by atoms with Crippen LogP contribution >= 0.6 is 0 Å². The summed E-state index contributed by atoms with van der Waals surface area (Å²) in [5, 5.41) is 3.32. The molecule has 1 fully saturated rings. The van der Waals surface area contributed by atoms with E-state index in [4.69, 9.17) is 0 Å². The molecule has 1 atom stereocenters. The van der Waals surface area contributed by atoms with E-state index in [2.05, 4.69) is 31.1 Å². The molecule has 0 aromatic heterocycles. The summed E-state index contributed by atoms with van der Waals surface area (Å²) >= 11 is 0. The van der Waals surface area contributed by atoms with Crippen molar-refractivity contribution in [1.29, 1.82) is 0 Å². The lowest BCUT2D eigenvalue weighted by Crippen LogP contribution is -2.33. The smallest absolute Gasteiger partial charge is 0.00480 e. The highest BCUT2D eigenvalue weighted by molar-refractivity contribution is 4.87. The Morgan fingerprint density at radius 2 is 2.07 bits per heavy atom. The fourth-order valence-corrected chi connectivity index (χ4v) is 2.65. The minimum absolute atomic E-state index is 0.527. The van der Waals surface area contributed by atoms with Crippen LogP contribution in [0.1, 0.15) is 46.0 Å². The maximum Gasteiger partial charge on any atom is 0.00480 e. The number of rotatable bonds is 7. The van der Waals surface area contributed by atoms with Gasteiger partial charge in [-0.15, -0.1) is 0 Å². The molecule has 1 rings (SSSR count). The molecule has 0 saturated carbocycles. The van der Waals surface area contributed by atoms with Crippen molar-refractivity contribution in [2.75, 3.05) is 33.2 Å². The van der Waals surface area contributed by atoms with Crippen molar-refractivity contribution in [2.45, 2.75) is 46.0 Å². The predicted molar refractivity (Wildman–Crippen MR) is 67.2 cm³/mol. The lowest BCUT2D eigenvalue weighted by molar-refractivity contribution is 0.266. The molecule has 0 amide bonds. The van der Waals surface area contributed by atoms with E-state index < -0.39 is 0 Å². The molecule has 0 aromatic rings. The Balaban J connectivity index is 2.13. The van der Waals surface area contributed by atoms with E-state index in [1.807, 2.05) is 0 Å². The van der Waals surface area contributed by atoms with Gasteiger partial charge in [0, 0.05) is 13.1 Å². The van der Waals surface area contributed by atoms with Crippen molar-refractivity contribution >= 4 is 0 Å². The first-order chi connectivity index (χ1) is 7.20. The van der Waals surface area contributed by atoms with E-state index in [1.54, 1.807) is 0 Å². The lowest BCUT2D eigenvalue weighted by Gasteiger charge is -2.24. The Morgan fingerprint density at radius 1 is 1.27 bits per heavy atom. The summed E-state index contributed by atoms with van der Waals surface area (Å²) in [6.07, 6.45) is 6.92. The molecule has 1 aliphatic rings. The average Bonchev–Trinajstić information content (AvgIpc) is 2.56. The third-order valence-corrected chi connectivity index (χ3v) is 3.57. The third-order valence-electron chi connectivity index (χ3n) is 3.57. The Labute approximate surface area is 95.4 Å². The summed E-state index contributed by atoms with van der Waals surface area (Å²) in [5.41, 5.74) is 0.527. The van der Waals surface area contributed by atoms with Gasteiger partial charge >= 0.3 is 0 Å². The average molecular weight is 212 g/mol. The molecule has 0 spiro atoms. The van der Waals surface area contributed by atoms with Crippen LogP contribution in [0, 0.1) is 5.41 Å². The fraction of sp³-hybridized carbons (Fsp3) is 1.00. The molecule has 2 heteroatoms. The summed E-state index contributed by atoms with van der Waals surface area (Å²) in [6, 6.07) is 0. The highest BCUT2D eigenvalue weighted by atomic mass is 15.2. The van der Waals surface area contributed by atoms with Crippen molar-refractivity contribution in [3.63, 3.8) is 0 Å². The van der Waals surface area contributed by atoms with E-state index in [0.29, 0.717) is 5.41 Å². The largest absolute Gasteiger partial charge is 0.319 e. The van der Waals surface area contributed by atoms with Crippen LogP contribution in [0.3, 0.4) is 0 Å². The van der Waals surface area contributed by atoms with Gasteiger partial charge < -0.3 is 10.2 Å². The summed E-state index contributed by atoms with van der Waals surface area (Å²) in [4.78, 5) is 2.65. The molecular weight excluding hydrogens is 184 g/mol. The summed E-state index contributed by atoms with van der Waals surface area (Å²) in [6.45, 7) is 9.78. The second kappa shape index (κ2) is 6.49. The van der Waals surface area contributed by atoms with Crippen molar-refractivity contribution < 1.29 is 0 Å². The molecule has 0 radical (unpaired) electrons. The van der Waals surface area contributed by atoms with Crippen LogP contribution in [0.4, 0.5) is 0 Å². The molecule has 2 nitrogen and oxygen atoms in total. The van der Waals surface area contributed by atoms with E-state index in [1.165, 1.54) is 58.3 Å². The van der Waals surface area contributed by atoms with E-state index in [0.717, 1.165) is 0 Å². The minimum atomic E-state index is 0.527. The zero-order chi connectivity index (χ0) is 11.1. The standard InChI is InChI=1S/C13H28N2/c1-4-5-6-7-9-15-10-8-13(2,12-15)11-14-3/h14H,4-12H2,1-3H3. The first kappa shape index (κ1) is 13.0. The highest BCUT2D eigenvalue weighted by Gasteiger charge is 2.32. The monoisotopic (exact) mass is 212 g/mol. The van der Waals surface area contributed by atoms with Crippen molar-refractivity contribution in [3.8, 4) is 0 Å². The SMILES string of the molecule is CCCCCCN1CCC(C)(CNC)C1. The Kier molecular flexibility index (Phi) is 5.62. The van der Waals surface area contributed by atoms with Gasteiger partial charge in [0.15, 0.2) is 0 Å². The number of nitrogens with zero attached hydrogens (tertiary/aromatic N) is 1. The molecule has 1 saturated heterocycles. The van der Waals surface area contributed by atoms with E-state index >= 15 is 0 Å². The molecule has 15 heavy (non-hydrogen) atoms. The molecule has 1 unspecified atom stereocenters. The molecular formula is C13H28N2. The first-order valence-electron chi connectivity index (χ1n) is 6.57. The predicted octanol–water partition coefficient (Wildman–Crippen LogP) is 2.50. The maximum absolute atomic E-state index is 3.32. The Hall–Kier alpha value is -0.0800. The number of hydrogen-bond acceptors (Lipinski definition) is 2. The highest BCUT2D eigenvalue weighted by Crippen LogP contribution is 2.29. The van der Waals surface area contributed by atoms with Gasteiger partial charge in [-0.25, -0.2) is 0 Å². The molecule has 0 aliphatic carbocycles. The molecule has 1 N–H and O–H groups in total. The second-order valence-corrected chi connectivity index (χ2v) is 5.43. The summed E-state index contributed by atoms with van der Waals surface area (Å²) < 4.78 is 0. The normalized spacial score (nSPS) is 27.4.